The van der Waals surface area contributed by atoms with Crippen molar-refractivity contribution in [2.24, 2.45) is 5.90 Å². The largest absolute Gasteiger partial charge is 0.394 e. The molecular weight excluding hydrogens is 182 g/mol. The molecule has 0 unspecified atom stereocenters. The molecule has 14 heavy (non-hydrogen) atoms. The van der Waals surface area contributed by atoms with Gasteiger partial charge in [-0.3, -0.25) is 4.84 Å². The molecule has 0 bridgehead atoms. The van der Waals surface area contributed by atoms with Gasteiger partial charge in [0.2, 0.25) is 0 Å². The van der Waals surface area contributed by atoms with Crippen molar-refractivity contribution in [3.63, 3.8) is 0 Å². The van der Waals surface area contributed by atoms with E-state index in [1.807, 2.05) is 0 Å². The quantitative estimate of drug-likeness (QED) is 0.713. The van der Waals surface area contributed by atoms with Gasteiger partial charge in [-0.05, 0) is 12.8 Å². The maximum absolute atomic E-state index is 5.88. The van der Waals surface area contributed by atoms with Gasteiger partial charge in [-0.1, -0.05) is 18.0 Å². The maximum Gasteiger partial charge on any atom is 0.187 e. The SMILES string of the molecule is NOCc1onc(C2CCCC2)c1N. The van der Waals surface area contributed by atoms with Crippen molar-refractivity contribution in [3.05, 3.63) is 11.5 Å². The Morgan fingerprint density at radius 1 is 1.43 bits per heavy atom. The van der Waals surface area contributed by atoms with E-state index in [4.69, 9.17) is 16.2 Å². The number of nitrogens with zero attached hydrogens (tertiary/aromatic N) is 1. The molecule has 1 aliphatic carbocycles. The van der Waals surface area contributed by atoms with Crippen LogP contribution in [-0.2, 0) is 11.4 Å². The molecule has 0 aromatic carbocycles. The summed E-state index contributed by atoms with van der Waals surface area (Å²) in [5.41, 5.74) is 7.37. The number of anilines is 1. The molecule has 0 atom stereocenters. The summed E-state index contributed by atoms with van der Waals surface area (Å²) in [5, 5.41) is 3.98. The molecule has 0 amide bonds. The topological polar surface area (TPSA) is 87.3 Å². The molecule has 78 valence electrons. The predicted octanol–water partition coefficient (Wildman–Crippen LogP) is 1.30. The summed E-state index contributed by atoms with van der Waals surface area (Å²) in [6, 6.07) is 0. The van der Waals surface area contributed by atoms with Crippen LogP contribution in [0, 0.1) is 0 Å². The molecule has 1 aliphatic rings. The van der Waals surface area contributed by atoms with Crippen LogP contribution in [0.4, 0.5) is 5.69 Å². The Kier molecular flexibility index (Phi) is 2.69. The molecule has 0 saturated heterocycles. The minimum Gasteiger partial charge on any atom is -0.394 e. The van der Waals surface area contributed by atoms with Crippen molar-refractivity contribution < 1.29 is 9.36 Å². The van der Waals surface area contributed by atoms with Crippen LogP contribution in [-0.4, -0.2) is 5.16 Å². The number of aromatic nitrogens is 1. The Hall–Kier alpha value is -1.07. The van der Waals surface area contributed by atoms with E-state index in [9.17, 15) is 0 Å². The Morgan fingerprint density at radius 3 is 2.79 bits per heavy atom. The third-order valence-electron chi connectivity index (χ3n) is 2.79. The molecule has 0 aliphatic heterocycles. The van der Waals surface area contributed by atoms with Gasteiger partial charge >= 0.3 is 0 Å². The molecule has 1 heterocycles. The smallest absolute Gasteiger partial charge is 0.187 e. The van der Waals surface area contributed by atoms with Crippen molar-refractivity contribution in [1.29, 1.82) is 0 Å². The summed E-state index contributed by atoms with van der Waals surface area (Å²) >= 11 is 0. The number of nitrogens with two attached hydrogens (primary N) is 2. The summed E-state index contributed by atoms with van der Waals surface area (Å²) in [5.74, 6) is 5.95. The van der Waals surface area contributed by atoms with E-state index in [1.165, 1.54) is 12.8 Å². The van der Waals surface area contributed by atoms with E-state index in [0.29, 0.717) is 17.4 Å². The van der Waals surface area contributed by atoms with E-state index in [1.54, 1.807) is 0 Å². The first-order chi connectivity index (χ1) is 6.83. The monoisotopic (exact) mass is 197 g/mol. The molecule has 5 nitrogen and oxygen atoms in total. The van der Waals surface area contributed by atoms with Gasteiger partial charge in [-0.25, -0.2) is 5.90 Å². The second-order valence-corrected chi connectivity index (χ2v) is 3.70. The molecule has 1 aromatic rings. The Bertz CT molecular complexity index is 305. The van der Waals surface area contributed by atoms with Gasteiger partial charge in [0, 0.05) is 5.92 Å². The first-order valence-electron chi connectivity index (χ1n) is 4.88. The fraction of sp³-hybridized carbons (Fsp3) is 0.667. The minimum absolute atomic E-state index is 0.186. The number of hydrogen-bond acceptors (Lipinski definition) is 5. The average molecular weight is 197 g/mol. The third-order valence-corrected chi connectivity index (χ3v) is 2.79. The van der Waals surface area contributed by atoms with Crippen LogP contribution in [0.1, 0.15) is 43.1 Å². The zero-order valence-corrected chi connectivity index (χ0v) is 8.03. The first-order valence-corrected chi connectivity index (χ1v) is 4.88. The third kappa shape index (κ3) is 1.60. The van der Waals surface area contributed by atoms with Gasteiger partial charge in [-0.15, -0.1) is 0 Å². The Morgan fingerprint density at radius 2 is 2.14 bits per heavy atom. The molecule has 0 spiro atoms. The van der Waals surface area contributed by atoms with Crippen LogP contribution in [0.3, 0.4) is 0 Å². The number of nitrogen functional groups attached to an aromatic ring is 1. The predicted molar refractivity (Wildman–Crippen MR) is 51.1 cm³/mol. The summed E-state index contributed by atoms with van der Waals surface area (Å²) < 4.78 is 5.07. The lowest BCUT2D eigenvalue weighted by molar-refractivity contribution is 0.104. The second kappa shape index (κ2) is 3.98. The van der Waals surface area contributed by atoms with Crippen LogP contribution < -0.4 is 11.6 Å². The summed E-state index contributed by atoms with van der Waals surface area (Å²) in [6.45, 7) is 0.186. The van der Waals surface area contributed by atoms with E-state index in [0.717, 1.165) is 18.5 Å². The fourth-order valence-electron chi connectivity index (χ4n) is 2.02. The summed E-state index contributed by atoms with van der Waals surface area (Å²) in [6.07, 6.45) is 4.80. The van der Waals surface area contributed by atoms with Gasteiger partial charge in [0.25, 0.3) is 0 Å². The molecule has 4 N–H and O–H groups in total. The summed E-state index contributed by atoms with van der Waals surface area (Å²) in [7, 11) is 0. The lowest BCUT2D eigenvalue weighted by Gasteiger charge is -2.04. The Balaban J connectivity index is 2.17. The molecule has 1 fully saturated rings. The van der Waals surface area contributed by atoms with Crippen molar-refractivity contribution in [2.75, 3.05) is 5.73 Å². The average Bonchev–Trinajstić information content (AvgIpc) is 2.77. The summed E-state index contributed by atoms with van der Waals surface area (Å²) in [4.78, 5) is 4.47. The highest BCUT2D eigenvalue weighted by Gasteiger charge is 2.24. The minimum atomic E-state index is 0.186. The first kappa shape index (κ1) is 9.48. The van der Waals surface area contributed by atoms with Crippen molar-refractivity contribution in [3.8, 4) is 0 Å². The zero-order valence-electron chi connectivity index (χ0n) is 8.03. The lowest BCUT2D eigenvalue weighted by atomic mass is 10.0. The maximum atomic E-state index is 5.88. The zero-order chi connectivity index (χ0) is 9.97. The molecule has 0 radical (unpaired) electrons. The highest BCUT2D eigenvalue weighted by molar-refractivity contribution is 5.47. The second-order valence-electron chi connectivity index (χ2n) is 3.70. The van der Waals surface area contributed by atoms with Gasteiger partial charge in [0.1, 0.15) is 18.0 Å². The van der Waals surface area contributed by atoms with E-state index in [2.05, 4.69) is 9.99 Å². The molecule has 1 aromatic heterocycles. The van der Waals surface area contributed by atoms with Crippen molar-refractivity contribution in [2.45, 2.75) is 38.2 Å². The van der Waals surface area contributed by atoms with Gasteiger partial charge in [0.15, 0.2) is 5.76 Å². The van der Waals surface area contributed by atoms with E-state index in [-0.39, 0.29) is 6.61 Å². The van der Waals surface area contributed by atoms with Crippen LogP contribution in [0.2, 0.25) is 0 Å². The molecule has 1 saturated carbocycles. The standard InChI is InChI=1S/C9H15N3O2/c10-8-7(5-13-11)14-12-9(8)6-3-1-2-4-6/h6H,1-5,10-11H2. The highest BCUT2D eigenvalue weighted by atomic mass is 16.6. The normalized spacial score (nSPS) is 17.8. The van der Waals surface area contributed by atoms with Crippen LogP contribution in [0.15, 0.2) is 4.52 Å². The van der Waals surface area contributed by atoms with E-state index >= 15 is 0 Å². The van der Waals surface area contributed by atoms with Crippen molar-refractivity contribution >= 4 is 5.69 Å². The molecule has 5 heteroatoms. The highest BCUT2D eigenvalue weighted by Crippen LogP contribution is 2.37. The number of rotatable bonds is 3. The molecular formula is C9H15N3O2. The van der Waals surface area contributed by atoms with Gasteiger partial charge < -0.3 is 10.3 Å². The van der Waals surface area contributed by atoms with Crippen LogP contribution in [0.25, 0.3) is 0 Å². The van der Waals surface area contributed by atoms with Gasteiger partial charge in [0.05, 0.1) is 0 Å². The van der Waals surface area contributed by atoms with Crippen LogP contribution >= 0.6 is 0 Å². The number of hydrogen-bond donors (Lipinski definition) is 2. The van der Waals surface area contributed by atoms with Crippen molar-refractivity contribution in [1.82, 2.24) is 5.16 Å². The fourth-order valence-corrected chi connectivity index (χ4v) is 2.02. The Labute approximate surface area is 82.3 Å². The van der Waals surface area contributed by atoms with E-state index < -0.39 is 0 Å². The molecule has 2 rings (SSSR count). The van der Waals surface area contributed by atoms with Gasteiger partial charge in [-0.2, -0.15) is 0 Å². The van der Waals surface area contributed by atoms with Crippen LogP contribution in [0.5, 0.6) is 0 Å². The lowest BCUT2D eigenvalue weighted by Crippen LogP contribution is -2.02.